The van der Waals surface area contributed by atoms with E-state index in [1.54, 1.807) is 14.0 Å². The lowest BCUT2D eigenvalue weighted by Crippen LogP contribution is -2.43. The van der Waals surface area contributed by atoms with Gasteiger partial charge < -0.3 is 19.7 Å². The Kier molecular flexibility index (Phi) is 5.94. The van der Waals surface area contributed by atoms with Crippen molar-refractivity contribution in [3.05, 3.63) is 47.5 Å². The smallest absolute Gasteiger partial charge is 0.263 e. The molecule has 154 valence electrons. The molecule has 0 unspecified atom stereocenters. The van der Waals surface area contributed by atoms with E-state index in [1.165, 1.54) is 0 Å². The van der Waals surface area contributed by atoms with Gasteiger partial charge in [-0.3, -0.25) is 4.79 Å². The summed E-state index contributed by atoms with van der Waals surface area (Å²) in [6.45, 7) is 4.97. The quantitative estimate of drug-likeness (QED) is 0.836. The van der Waals surface area contributed by atoms with Gasteiger partial charge in [-0.25, -0.2) is 9.97 Å². The Balaban J connectivity index is 1.41. The molecule has 4 rings (SSSR count). The van der Waals surface area contributed by atoms with Crippen molar-refractivity contribution in [1.82, 2.24) is 20.2 Å². The van der Waals surface area contributed by atoms with Gasteiger partial charge in [0, 0.05) is 43.7 Å². The first kappa shape index (κ1) is 19.6. The zero-order chi connectivity index (χ0) is 20.2. The molecular weight excluding hydrogens is 368 g/mol. The van der Waals surface area contributed by atoms with Crippen LogP contribution in [0.4, 0.5) is 0 Å². The molecule has 0 saturated carbocycles. The largest absolute Gasteiger partial charge is 0.493 e. The van der Waals surface area contributed by atoms with Crippen LogP contribution in [0.5, 0.6) is 11.5 Å². The van der Waals surface area contributed by atoms with E-state index in [1.807, 2.05) is 35.4 Å². The van der Waals surface area contributed by atoms with E-state index in [9.17, 15) is 4.79 Å². The molecule has 7 nitrogen and oxygen atoms in total. The number of methoxy groups -OCH3 is 1. The van der Waals surface area contributed by atoms with Crippen molar-refractivity contribution in [2.75, 3.05) is 26.7 Å². The molecule has 0 spiro atoms. The van der Waals surface area contributed by atoms with Gasteiger partial charge in [0.15, 0.2) is 17.6 Å². The molecule has 29 heavy (non-hydrogen) atoms. The number of carbonyl (C=O) groups excluding carboxylic acids is 1. The number of aromatic nitrogens is 2. The van der Waals surface area contributed by atoms with Gasteiger partial charge in [0.2, 0.25) is 0 Å². The van der Waals surface area contributed by atoms with Gasteiger partial charge in [-0.1, -0.05) is 12.1 Å². The Bertz CT molecular complexity index is 867. The molecule has 2 aliphatic heterocycles. The van der Waals surface area contributed by atoms with Crippen molar-refractivity contribution in [3.63, 3.8) is 0 Å². The van der Waals surface area contributed by atoms with Crippen molar-refractivity contribution < 1.29 is 14.3 Å². The summed E-state index contributed by atoms with van der Waals surface area (Å²) in [4.78, 5) is 24.2. The number of nitrogens with zero attached hydrogens (tertiary/aromatic N) is 3. The number of carbonyl (C=O) groups is 1. The third-order valence-electron chi connectivity index (χ3n) is 5.65. The van der Waals surface area contributed by atoms with Crippen molar-refractivity contribution >= 4 is 5.91 Å². The number of rotatable bonds is 5. The van der Waals surface area contributed by atoms with Crippen LogP contribution in [-0.4, -0.2) is 53.6 Å². The van der Waals surface area contributed by atoms with Crippen molar-refractivity contribution in [2.45, 2.75) is 44.8 Å². The Morgan fingerprint density at radius 1 is 1.31 bits per heavy atom. The summed E-state index contributed by atoms with van der Waals surface area (Å²) in [6, 6.07) is 7.37. The molecular formula is C22H28N4O3. The van der Waals surface area contributed by atoms with Crippen molar-refractivity contribution in [2.24, 2.45) is 0 Å². The van der Waals surface area contributed by atoms with E-state index < -0.39 is 6.10 Å². The highest BCUT2D eigenvalue weighted by Gasteiger charge is 2.28. The van der Waals surface area contributed by atoms with E-state index in [-0.39, 0.29) is 5.91 Å². The van der Waals surface area contributed by atoms with Gasteiger partial charge in [0.05, 0.1) is 12.8 Å². The third-order valence-corrected chi connectivity index (χ3v) is 5.65. The van der Waals surface area contributed by atoms with Crippen LogP contribution in [-0.2, 0) is 17.8 Å². The van der Waals surface area contributed by atoms with Crippen molar-refractivity contribution in [1.29, 1.82) is 0 Å². The minimum absolute atomic E-state index is 0.0397. The summed E-state index contributed by atoms with van der Waals surface area (Å²) < 4.78 is 11.2. The molecule has 2 aromatic rings. The predicted molar refractivity (Wildman–Crippen MR) is 109 cm³/mol. The van der Waals surface area contributed by atoms with Crippen LogP contribution in [0.25, 0.3) is 0 Å². The van der Waals surface area contributed by atoms with Gasteiger partial charge in [0.25, 0.3) is 5.91 Å². The average molecular weight is 396 g/mol. The van der Waals surface area contributed by atoms with E-state index in [4.69, 9.17) is 14.5 Å². The summed E-state index contributed by atoms with van der Waals surface area (Å²) in [6.07, 6.45) is 4.35. The highest BCUT2D eigenvalue weighted by molar-refractivity contribution is 5.81. The molecule has 2 aliphatic rings. The zero-order valence-electron chi connectivity index (χ0n) is 17.1. The highest BCUT2D eigenvalue weighted by Crippen LogP contribution is 2.28. The first-order chi connectivity index (χ1) is 14.2. The van der Waals surface area contributed by atoms with Crippen LogP contribution >= 0.6 is 0 Å². The molecule has 0 radical (unpaired) electrons. The summed E-state index contributed by atoms with van der Waals surface area (Å²) in [5.41, 5.74) is 2.10. The second kappa shape index (κ2) is 8.78. The molecule has 1 aromatic heterocycles. The maximum atomic E-state index is 12.9. The SMILES string of the molecule is COc1ccccc1O[C@H](C)C(=O)N1CCc2nc([C@@H]3CCCNC3)ncc2C1. The van der Waals surface area contributed by atoms with Crippen LogP contribution in [0, 0.1) is 0 Å². The number of para-hydroxylation sites is 2. The van der Waals surface area contributed by atoms with Crippen LogP contribution in [0.15, 0.2) is 30.5 Å². The van der Waals surface area contributed by atoms with Crippen LogP contribution in [0.2, 0.25) is 0 Å². The van der Waals surface area contributed by atoms with Crippen LogP contribution in [0.1, 0.15) is 42.8 Å². The Labute approximate surface area is 171 Å². The molecule has 0 aliphatic carbocycles. The zero-order valence-corrected chi connectivity index (χ0v) is 17.1. The van der Waals surface area contributed by atoms with E-state index in [0.717, 1.165) is 49.4 Å². The lowest BCUT2D eigenvalue weighted by molar-refractivity contribution is -0.139. The number of piperidine rings is 1. The molecule has 0 bridgehead atoms. The fourth-order valence-corrected chi connectivity index (χ4v) is 4.00. The highest BCUT2D eigenvalue weighted by atomic mass is 16.5. The number of fused-ring (bicyclic) bond motifs is 1. The molecule has 1 saturated heterocycles. The minimum Gasteiger partial charge on any atom is -0.493 e. The molecule has 3 heterocycles. The standard InChI is InChI=1S/C22H28N4O3/c1-15(29-20-8-4-3-7-19(20)28-2)22(27)26-11-9-18-17(14-26)13-24-21(25-18)16-6-5-10-23-12-16/h3-4,7-8,13,15-16,23H,5-6,9-12,14H2,1-2H3/t15-,16-/m1/s1. The minimum atomic E-state index is -0.596. The second-order valence-electron chi connectivity index (χ2n) is 7.66. The lowest BCUT2D eigenvalue weighted by Gasteiger charge is -2.31. The monoisotopic (exact) mass is 396 g/mol. The predicted octanol–water partition coefficient (Wildman–Crippen LogP) is 2.30. The maximum Gasteiger partial charge on any atom is 0.263 e. The number of hydrogen-bond acceptors (Lipinski definition) is 6. The number of nitrogens with one attached hydrogen (secondary N) is 1. The first-order valence-electron chi connectivity index (χ1n) is 10.3. The molecule has 7 heteroatoms. The Morgan fingerprint density at radius 3 is 2.90 bits per heavy atom. The Morgan fingerprint density at radius 2 is 2.14 bits per heavy atom. The number of benzene rings is 1. The second-order valence-corrected chi connectivity index (χ2v) is 7.66. The fourth-order valence-electron chi connectivity index (χ4n) is 4.00. The first-order valence-corrected chi connectivity index (χ1v) is 10.3. The summed E-state index contributed by atoms with van der Waals surface area (Å²) in [5, 5.41) is 3.42. The van der Waals surface area contributed by atoms with Crippen LogP contribution < -0.4 is 14.8 Å². The van der Waals surface area contributed by atoms with Crippen molar-refractivity contribution in [3.8, 4) is 11.5 Å². The summed E-state index contributed by atoms with van der Waals surface area (Å²) in [7, 11) is 1.59. The molecule has 1 fully saturated rings. The summed E-state index contributed by atoms with van der Waals surface area (Å²) in [5.74, 6) is 2.48. The number of ether oxygens (including phenoxy) is 2. The van der Waals surface area contributed by atoms with Crippen LogP contribution in [0.3, 0.4) is 0 Å². The lowest BCUT2D eigenvalue weighted by atomic mass is 9.98. The molecule has 2 atom stereocenters. The molecule has 1 amide bonds. The number of hydrogen-bond donors (Lipinski definition) is 1. The topological polar surface area (TPSA) is 76.6 Å². The molecule has 1 N–H and O–H groups in total. The molecule has 1 aromatic carbocycles. The van der Waals surface area contributed by atoms with Gasteiger partial charge in [-0.05, 0) is 38.4 Å². The fraction of sp³-hybridized carbons (Fsp3) is 0.500. The van der Waals surface area contributed by atoms with E-state index in [2.05, 4.69) is 10.3 Å². The Hall–Kier alpha value is -2.67. The number of amides is 1. The maximum absolute atomic E-state index is 12.9. The van der Waals surface area contributed by atoms with Gasteiger partial charge in [0.1, 0.15) is 5.82 Å². The average Bonchev–Trinajstić information content (AvgIpc) is 2.78. The third kappa shape index (κ3) is 4.34. The summed E-state index contributed by atoms with van der Waals surface area (Å²) >= 11 is 0. The van der Waals surface area contributed by atoms with Gasteiger partial charge in [-0.2, -0.15) is 0 Å². The van der Waals surface area contributed by atoms with Gasteiger partial charge >= 0.3 is 0 Å². The van der Waals surface area contributed by atoms with Gasteiger partial charge in [-0.15, -0.1) is 0 Å². The van der Waals surface area contributed by atoms with E-state index >= 15 is 0 Å². The normalized spacial score (nSPS) is 19.9. The van der Waals surface area contributed by atoms with E-state index in [0.29, 0.717) is 30.5 Å².